The maximum Gasteiger partial charge on any atom is 0.417 e. The van der Waals surface area contributed by atoms with E-state index in [0.29, 0.717) is 9.82 Å². The third-order valence-electron chi connectivity index (χ3n) is 2.45. The zero-order valence-electron chi connectivity index (χ0n) is 9.74. The first kappa shape index (κ1) is 13.3. The van der Waals surface area contributed by atoms with Crippen LogP contribution < -0.4 is 10.9 Å². The summed E-state index contributed by atoms with van der Waals surface area (Å²) >= 11 is 0. The third kappa shape index (κ3) is 2.51. The predicted octanol–water partition coefficient (Wildman–Crippen LogP) is -1.51. The number of oxazole rings is 1. The number of hydrogen-bond acceptors (Lipinski definition) is 6. The number of nitrogens with zero attached hydrogens (tertiary/aromatic N) is 1. The topological polar surface area (TPSA) is 124 Å². The first-order chi connectivity index (χ1) is 8.80. The Morgan fingerprint density at radius 2 is 2.16 bits per heavy atom. The van der Waals surface area contributed by atoms with E-state index in [9.17, 15) is 23.1 Å². The van der Waals surface area contributed by atoms with E-state index in [4.69, 9.17) is 4.42 Å². The number of carbonyl (C=O) groups excluding carboxylic acids is 1. The van der Waals surface area contributed by atoms with Crippen LogP contribution in [0, 0.1) is 0 Å². The summed E-state index contributed by atoms with van der Waals surface area (Å²) in [6, 6.07) is 3.75. The van der Waals surface area contributed by atoms with Crippen molar-refractivity contribution in [3.63, 3.8) is 0 Å². The molecule has 1 N–H and O–H groups in total. The number of aromatic amines is 1. The summed E-state index contributed by atoms with van der Waals surface area (Å²) in [5, 5.41) is 10.4. The maximum absolute atomic E-state index is 12.0. The molecule has 9 heteroatoms. The molecule has 0 fully saturated rings. The highest BCUT2D eigenvalue weighted by molar-refractivity contribution is 7.89. The van der Waals surface area contributed by atoms with Crippen molar-refractivity contribution in [1.29, 1.82) is 0 Å². The number of aromatic nitrogens is 1. The number of H-pyrrole nitrogens is 1. The molecule has 1 heterocycles. The Balaban J connectivity index is 2.48. The summed E-state index contributed by atoms with van der Waals surface area (Å²) in [5.74, 6) is -2.21. The fourth-order valence-electron chi connectivity index (χ4n) is 1.53. The lowest BCUT2D eigenvalue weighted by Crippen LogP contribution is -2.39. The van der Waals surface area contributed by atoms with Crippen molar-refractivity contribution in [3.05, 3.63) is 28.7 Å². The number of aliphatic carboxylic acids is 1. The molecular weight excluding hydrogens is 276 g/mol. The van der Waals surface area contributed by atoms with Gasteiger partial charge in [-0.25, -0.2) is 13.2 Å². The van der Waals surface area contributed by atoms with Gasteiger partial charge in [-0.2, -0.15) is 4.31 Å². The summed E-state index contributed by atoms with van der Waals surface area (Å²) in [7, 11) is -2.87. The van der Waals surface area contributed by atoms with E-state index >= 15 is 0 Å². The van der Waals surface area contributed by atoms with Crippen molar-refractivity contribution >= 4 is 27.1 Å². The zero-order valence-corrected chi connectivity index (χ0v) is 10.6. The average Bonchev–Trinajstić information content (AvgIpc) is 2.66. The smallest absolute Gasteiger partial charge is 0.417 e. The molecule has 0 saturated carbocycles. The molecule has 2 rings (SSSR count). The molecule has 0 amide bonds. The normalized spacial score (nSPS) is 12.1. The van der Waals surface area contributed by atoms with Gasteiger partial charge in [-0.15, -0.1) is 0 Å². The minimum Gasteiger partial charge on any atom is -0.549 e. The Labute approximate surface area is 107 Å². The number of hydrogen-bond donors (Lipinski definition) is 1. The molecule has 0 saturated heterocycles. The molecule has 102 valence electrons. The van der Waals surface area contributed by atoms with Crippen LogP contribution in [0.1, 0.15) is 0 Å². The number of fused-ring (bicyclic) bond motifs is 1. The number of benzene rings is 1. The standard InChI is InChI=1S/C10H10N2O6S/c1-12(5-9(13)14)19(16,17)6-2-3-7-8(4-6)18-10(15)11-7/h2-4H,5H2,1H3,(H,11,15)(H,13,14)/p-1. The second-order valence-corrected chi connectivity index (χ2v) is 5.85. The Morgan fingerprint density at radius 1 is 1.47 bits per heavy atom. The summed E-state index contributed by atoms with van der Waals surface area (Å²) in [6.45, 7) is -0.766. The number of carboxylic acid groups (broad SMARTS) is 1. The van der Waals surface area contributed by atoms with Crippen LogP contribution in [-0.2, 0) is 14.8 Å². The summed E-state index contributed by atoms with van der Waals surface area (Å²) in [5.41, 5.74) is 0.430. The van der Waals surface area contributed by atoms with Crippen LogP contribution in [0.5, 0.6) is 0 Å². The molecule has 0 radical (unpaired) electrons. The number of carbonyl (C=O) groups is 1. The van der Waals surface area contributed by atoms with Gasteiger partial charge >= 0.3 is 5.76 Å². The van der Waals surface area contributed by atoms with Gasteiger partial charge in [0.15, 0.2) is 5.58 Å². The van der Waals surface area contributed by atoms with Crippen molar-refractivity contribution < 1.29 is 22.7 Å². The Hall–Kier alpha value is -2.13. The fourth-order valence-corrected chi connectivity index (χ4v) is 2.66. The molecule has 0 bridgehead atoms. The van der Waals surface area contributed by atoms with Gasteiger partial charge in [-0.05, 0) is 12.1 Å². The van der Waals surface area contributed by atoms with E-state index < -0.39 is 28.3 Å². The van der Waals surface area contributed by atoms with E-state index in [2.05, 4.69) is 4.98 Å². The van der Waals surface area contributed by atoms with Gasteiger partial charge in [-0.3, -0.25) is 4.98 Å². The van der Waals surface area contributed by atoms with Crippen LogP contribution in [0.3, 0.4) is 0 Å². The van der Waals surface area contributed by atoms with E-state index in [1.807, 2.05) is 0 Å². The molecule has 1 aromatic carbocycles. The number of carboxylic acids is 1. The number of rotatable bonds is 4. The van der Waals surface area contributed by atoms with Crippen molar-refractivity contribution in [3.8, 4) is 0 Å². The molecule has 0 aliphatic heterocycles. The maximum atomic E-state index is 12.0. The van der Waals surface area contributed by atoms with Crippen molar-refractivity contribution in [2.45, 2.75) is 4.90 Å². The summed E-state index contributed by atoms with van der Waals surface area (Å²) < 4.78 is 29.4. The highest BCUT2D eigenvalue weighted by atomic mass is 32.2. The van der Waals surface area contributed by atoms with E-state index in [1.54, 1.807) is 0 Å². The average molecular weight is 285 g/mol. The third-order valence-corrected chi connectivity index (χ3v) is 4.25. The second kappa shape index (κ2) is 4.52. The molecular formula is C10H9N2O6S-. The van der Waals surface area contributed by atoms with Crippen molar-refractivity contribution in [2.75, 3.05) is 13.6 Å². The minimum atomic E-state index is -3.98. The minimum absolute atomic E-state index is 0.0768. The molecule has 19 heavy (non-hydrogen) atoms. The summed E-state index contributed by atoms with van der Waals surface area (Å²) in [6.07, 6.45) is 0. The molecule has 0 aliphatic rings. The van der Waals surface area contributed by atoms with Gasteiger partial charge in [0, 0.05) is 13.1 Å². The Kier molecular flexibility index (Phi) is 3.16. The van der Waals surface area contributed by atoms with Gasteiger partial charge < -0.3 is 14.3 Å². The SMILES string of the molecule is CN(CC(=O)[O-])S(=O)(=O)c1ccc2[nH]c(=O)oc2c1. The van der Waals surface area contributed by atoms with E-state index in [-0.39, 0.29) is 10.5 Å². The molecule has 1 aromatic heterocycles. The lowest BCUT2D eigenvalue weighted by Gasteiger charge is -2.17. The lowest BCUT2D eigenvalue weighted by atomic mass is 10.3. The number of sulfonamides is 1. The van der Waals surface area contributed by atoms with Crippen LogP contribution in [0.15, 0.2) is 32.3 Å². The molecule has 0 aliphatic carbocycles. The van der Waals surface area contributed by atoms with Crippen LogP contribution in [0.2, 0.25) is 0 Å². The fraction of sp³-hybridized carbons (Fsp3) is 0.200. The molecule has 0 unspecified atom stereocenters. The Bertz CT molecular complexity index is 788. The highest BCUT2D eigenvalue weighted by Gasteiger charge is 2.21. The molecule has 8 nitrogen and oxygen atoms in total. The zero-order chi connectivity index (χ0) is 14.2. The van der Waals surface area contributed by atoms with Crippen molar-refractivity contribution in [2.24, 2.45) is 0 Å². The van der Waals surface area contributed by atoms with Gasteiger partial charge in [0.2, 0.25) is 10.0 Å². The van der Waals surface area contributed by atoms with E-state index in [0.717, 1.165) is 13.1 Å². The lowest BCUT2D eigenvalue weighted by molar-refractivity contribution is -0.305. The highest BCUT2D eigenvalue weighted by Crippen LogP contribution is 2.19. The van der Waals surface area contributed by atoms with Gasteiger partial charge in [0.05, 0.1) is 22.9 Å². The number of likely N-dealkylation sites (N-methyl/N-ethyl adjacent to an activating group) is 1. The first-order valence-corrected chi connectivity index (χ1v) is 6.54. The van der Waals surface area contributed by atoms with Crippen LogP contribution >= 0.6 is 0 Å². The van der Waals surface area contributed by atoms with Crippen molar-refractivity contribution in [1.82, 2.24) is 9.29 Å². The largest absolute Gasteiger partial charge is 0.549 e. The number of nitrogens with one attached hydrogen (secondary N) is 1. The van der Waals surface area contributed by atoms with E-state index in [1.165, 1.54) is 12.1 Å². The molecule has 0 atom stereocenters. The van der Waals surface area contributed by atoms with Gasteiger partial charge in [0.1, 0.15) is 0 Å². The van der Waals surface area contributed by atoms with Crippen LogP contribution in [0.4, 0.5) is 0 Å². The van der Waals surface area contributed by atoms with Crippen LogP contribution in [-0.4, -0.2) is 37.3 Å². The van der Waals surface area contributed by atoms with Crippen LogP contribution in [0.25, 0.3) is 11.1 Å². The first-order valence-electron chi connectivity index (χ1n) is 5.10. The van der Waals surface area contributed by atoms with Gasteiger partial charge in [-0.1, -0.05) is 0 Å². The second-order valence-electron chi connectivity index (χ2n) is 3.81. The predicted molar refractivity (Wildman–Crippen MR) is 61.7 cm³/mol. The monoisotopic (exact) mass is 285 g/mol. The quantitative estimate of drug-likeness (QED) is 0.728. The summed E-state index contributed by atoms with van der Waals surface area (Å²) in [4.78, 5) is 23.6. The van der Waals surface area contributed by atoms with Gasteiger partial charge in [0.25, 0.3) is 0 Å². The Morgan fingerprint density at radius 3 is 2.79 bits per heavy atom. The molecule has 0 spiro atoms. The molecule has 2 aromatic rings.